The Hall–Kier alpha value is -2.82. The van der Waals surface area contributed by atoms with Crippen LogP contribution in [-0.4, -0.2) is 33.3 Å². The third-order valence-electron chi connectivity index (χ3n) is 4.18. The molecule has 1 aromatic carbocycles. The van der Waals surface area contributed by atoms with Crippen LogP contribution in [0, 0.1) is 6.92 Å². The minimum atomic E-state index is -0.0231. The summed E-state index contributed by atoms with van der Waals surface area (Å²) in [5.41, 5.74) is 3.10. The first-order valence-corrected chi connectivity index (χ1v) is 8.59. The molecule has 0 N–H and O–H groups in total. The summed E-state index contributed by atoms with van der Waals surface area (Å²) in [6.45, 7) is 7.56. The van der Waals surface area contributed by atoms with E-state index in [1.165, 1.54) is 0 Å². The number of amides is 1. The van der Waals surface area contributed by atoms with Crippen LogP contribution in [0.15, 0.2) is 48.7 Å². The fourth-order valence-electron chi connectivity index (χ4n) is 2.96. The van der Waals surface area contributed by atoms with Crippen molar-refractivity contribution in [2.45, 2.75) is 27.3 Å². The molecule has 0 fully saturated rings. The Kier molecular flexibility index (Phi) is 5.03. The average Bonchev–Trinajstić information content (AvgIpc) is 2.97. The van der Waals surface area contributed by atoms with E-state index in [0.717, 1.165) is 5.56 Å². The van der Waals surface area contributed by atoms with E-state index in [9.17, 15) is 4.79 Å². The van der Waals surface area contributed by atoms with Crippen LogP contribution in [0.1, 0.15) is 35.6 Å². The van der Waals surface area contributed by atoms with Gasteiger partial charge in [0.05, 0.1) is 12.3 Å². The Bertz CT molecular complexity index is 871. The zero-order chi connectivity index (χ0) is 17.8. The molecular formula is C20H23N3O2. The summed E-state index contributed by atoms with van der Waals surface area (Å²) in [6, 6.07) is 13.8. The van der Waals surface area contributed by atoms with Crippen LogP contribution in [0.2, 0.25) is 0 Å². The van der Waals surface area contributed by atoms with E-state index in [1.807, 2.05) is 78.7 Å². The van der Waals surface area contributed by atoms with Crippen LogP contribution in [0.4, 0.5) is 0 Å². The lowest BCUT2D eigenvalue weighted by molar-refractivity contribution is 0.0745. The van der Waals surface area contributed by atoms with Crippen LogP contribution in [0.3, 0.4) is 0 Å². The molecular weight excluding hydrogens is 314 g/mol. The molecule has 0 aliphatic heterocycles. The highest BCUT2D eigenvalue weighted by Gasteiger charge is 2.23. The van der Waals surface area contributed by atoms with Gasteiger partial charge in [0.15, 0.2) is 11.4 Å². The van der Waals surface area contributed by atoms with Crippen molar-refractivity contribution in [3.8, 4) is 5.75 Å². The molecule has 0 aliphatic carbocycles. The van der Waals surface area contributed by atoms with Gasteiger partial charge in [-0.2, -0.15) is 0 Å². The van der Waals surface area contributed by atoms with Gasteiger partial charge in [-0.15, -0.1) is 0 Å². The Balaban J connectivity index is 1.98. The number of aryl methyl sites for hydroxylation is 1. The van der Waals surface area contributed by atoms with E-state index in [-0.39, 0.29) is 5.91 Å². The molecule has 0 bridgehead atoms. The Morgan fingerprint density at radius 2 is 1.92 bits per heavy atom. The molecule has 0 atom stereocenters. The van der Waals surface area contributed by atoms with Crippen LogP contribution >= 0.6 is 0 Å². The maximum atomic E-state index is 13.2. The second kappa shape index (κ2) is 7.38. The largest absolute Gasteiger partial charge is 0.490 e. The smallest absolute Gasteiger partial charge is 0.273 e. The van der Waals surface area contributed by atoms with Gasteiger partial charge in [0.1, 0.15) is 5.69 Å². The number of hydrogen-bond donors (Lipinski definition) is 0. The summed E-state index contributed by atoms with van der Waals surface area (Å²) < 4.78 is 7.47. The molecule has 3 aromatic rings. The number of imidazole rings is 1. The van der Waals surface area contributed by atoms with E-state index >= 15 is 0 Å². The Morgan fingerprint density at radius 3 is 2.60 bits per heavy atom. The maximum absolute atomic E-state index is 13.2. The monoisotopic (exact) mass is 337 g/mol. The number of hydrogen-bond acceptors (Lipinski definition) is 3. The number of aromatic nitrogens is 2. The van der Waals surface area contributed by atoms with Gasteiger partial charge in [0, 0.05) is 19.3 Å². The predicted molar refractivity (Wildman–Crippen MR) is 98.0 cm³/mol. The molecule has 0 unspecified atom stereocenters. The van der Waals surface area contributed by atoms with Gasteiger partial charge < -0.3 is 9.64 Å². The number of pyridine rings is 1. The van der Waals surface area contributed by atoms with Gasteiger partial charge in [-0.05, 0) is 38.5 Å². The molecule has 1 amide bonds. The molecule has 5 heteroatoms. The normalized spacial score (nSPS) is 10.8. The third kappa shape index (κ3) is 3.36. The minimum Gasteiger partial charge on any atom is -0.490 e. The number of benzene rings is 1. The van der Waals surface area contributed by atoms with Gasteiger partial charge >= 0.3 is 0 Å². The zero-order valence-electron chi connectivity index (χ0n) is 14.9. The highest BCUT2D eigenvalue weighted by Crippen LogP contribution is 2.23. The van der Waals surface area contributed by atoms with Crippen LogP contribution in [0.25, 0.3) is 5.65 Å². The number of carbonyl (C=O) groups excluding carboxylic acids is 1. The molecule has 25 heavy (non-hydrogen) atoms. The number of nitrogens with zero attached hydrogens (tertiary/aromatic N) is 3. The number of ether oxygens (including phenoxy) is 1. The van der Waals surface area contributed by atoms with Crippen molar-refractivity contribution in [3.05, 3.63) is 65.6 Å². The van der Waals surface area contributed by atoms with Crippen molar-refractivity contribution in [2.24, 2.45) is 0 Å². The van der Waals surface area contributed by atoms with Gasteiger partial charge in [-0.25, -0.2) is 4.98 Å². The quantitative estimate of drug-likeness (QED) is 0.689. The van der Waals surface area contributed by atoms with E-state index < -0.39 is 0 Å². The fourth-order valence-corrected chi connectivity index (χ4v) is 2.96. The van der Waals surface area contributed by atoms with Crippen LogP contribution < -0.4 is 4.74 Å². The van der Waals surface area contributed by atoms with Crippen molar-refractivity contribution >= 4 is 11.6 Å². The Labute approximate surface area is 147 Å². The second-order valence-electron chi connectivity index (χ2n) is 5.85. The molecule has 3 rings (SSSR count). The number of fused-ring (bicyclic) bond motifs is 1. The van der Waals surface area contributed by atoms with Gasteiger partial charge in [0.25, 0.3) is 5.91 Å². The highest BCUT2D eigenvalue weighted by molar-refractivity contribution is 5.95. The highest BCUT2D eigenvalue weighted by atomic mass is 16.5. The van der Waals surface area contributed by atoms with Crippen molar-refractivity contribution < 1.29 is 9.53 Å². The summed E-state index contributed by atoms with van der Waals surface area (Å²) in [4.78, 5) is 19.6. The number of rotatable bonds is 6. The van der Waals surface area contributed by atoms with Gasteiger partial charge in [0.2, 0.25) is 0 Å². The summed E-state index contributed by atoms with van der Waals surface area (Å²) in [5.74, 6) is 0.670. The molecule has 130 valence electrons. The van der Waals surface area contributed by atoms with Crippen molar-refractivity contribution in [1.29, 1.82) is 0 Å². The lowest BCUT2D eigenvalue weighted by Crippen LogP contribution is -2.31. The third-order valence-corrected chi connectivity index (χ3v) is 4.18. The van der Waals surface area contributed by atoms with E-state index in [2.05, 4.69) is 4.98 Å². The first kappa shape index (κ1) is 17.0. The topological polar surface area (TPSA) is 46.8 Å². The fraction of sp³-hybridized carbons (Fsp3) is 0.300. The first-order chi connectivity index (χ1) is 12.2. The zero-order valence-corrected chi connectivity index (χ0v) is 14.9. The van der Waals surface area contributed by atoms with Crippen molar-refractivity contribution in [1.82, 2.24) is 14.3 Å². The summed E-state index contributed by atoms with van der Waals surface area (Å²) >= 11 is 0. The summed E-state index contributed by atoms with van der Waals surface area (Å²) in [6.07, 6.45) is 1.86. The van der Waals surface area contributed by atoms with E-state index in [4.69, 9.17) is 4.74 Å². The standard InChI is InChI=1S/C20H23N3O2/c1-4-22(14-16-10-7-6-8-11-16)20(24)18-15(3)21-19-17(25-5-2)12-9-13-23(18)19/h6-13H,4-5,14H2,1-3H3. The lowest BCUT2D eigenvalue weighted by Gasteiger charge is -2.21. The van der Waals surface area contributed by atoms with Crippen molar-refractivity contribution in [3.63, 3.8) is 0 Å². The average molecular weight is 337 g/mol. The molecule has 5 nitrogen and oxygen atoms in total. The van der Waals surface area contributed by atoms with Gasteiger partial charge in [-0.1, -0.05) is 30.3 Å². The van der Waals surface area contributed by atoms with Crippen LogP contribution in [0.5, 0.6) is 5.75 Å². The molecule has 0 spiro atoms. The van der Waals surface area contributed by atoms with Crippen LogP contribution in [-0.2, 0) is 6.54 Å². The molecule has 0 saturated carbocycles. The summed E-state index contributed by atoms with van der Waals surface area (Å²) in [7, 11) is 0. The molecule has 0 radical (unpaired) electrons. The van der Waals surface area contributed by atoms with Crippen molar-refractivity contribution in [2.75, 3.05) is 13.2 Å². The first-order valence-electron chi connectivity index (χ1n) is 8.59. The number of carbonyl (C=O) groups is 1. The molecule has 0 aliphatic rings. The second-order valence-corrected chi connectivity index (χ2v) is 5.85. The molecule has 2 aromatic heterocycles. The van der Waals surface area contributed by atoms with E-state index in [0.29, 0.717) is 42.5 Å². The van der Waals surface area contributed by atoms with E-state index in [1.54, 1.807) is 0 Å². The van der Waals surface area contributed by atoms with Gasteiger partial charge in [-0.3, -0.25) is 9.20 Å². The molecule has 0 saturated heterocycles. The SMILES string of the molecule is CCOc1cccn2c(C(=O)N(CC)Cc3ccccc3)c(C)nc12. The minimum absolute atomic E-state index is 0.0231. The predicted octanol–water partition coefficient (Wildman–Crippen LogP) is 3.70. The summed E-state index contributed by atoms with van der Waals surface area (Å²) in [5, 5.41) is 0. The Morgan fingerprint density at radius 1 is 1.16 bits per heavy atom. The molecule has 2 heterocycles. The lowest BCUT2D eigenvalue weighted by atomic mass is 10.2. The maximum Gasteiger partial charge on any atom is 0.273 e.